The number of nitrogens with zero attached hydrogens (tertiary/aromatic N) is 1. The SMILES string of the molecule is CN(Cc1cccc(Cl)c1)C(=O)CNC(=O)Cc1cccc2ccccc12. The van der Waals surface area contributed by atoms with E-state index in [9.17, 15) is 9.59 Å². The fraction of sp³-hybridized carbons (Fsp3) is 0.182. The summed E-state index contributed by atoms with van der Waals surface area (Å²) in [6.45, 7) is 0.416. The number of amides is 2. The number of carbonyl (C=O) groups is 2. The van der Waals surface area contributed by atoms with Gasteiger partial charge in [0.25, 0.3) is 0 Å². The summed E-state index contributed by atoms with van der Waals surface area (Å²) in [6, 6.07) is 21.2. The largest absolute Gasteiger partial charge is 0.347 e. The van der Waals surface area contributed by atoms with Crippen LogP contribution in [0.5, 0.6) is 0 Å². The van der Waals surface area contributed by atoms with Gasteiger partial charge in [-0.15, -0.1) is 0 Å². The summed E-state index contributed by atoms with van der Waals surface area (Å²) in [4.78, 5) is 26.1. The van der Waals surface area contributed by atoms with Gasteiger partial charge in [-0.3, -0.25) is 9.59 Å². The molecule has 3 aromatic rings. The van der Waals surface area contributed by atoms with Crippen LogP contribution >= 0.6 is 11.6 Å². The van der Waals surface area contributed by atoms with E-state index in [-0.39, 0.29) is 24.8 Å². The van der Waals surface area contributed by atoms with Gasteiger partial charge in [-0.2, -0.15) is 0 Å². The van der Waals surface area contributed by atoms with Gasteiger partial charge < -0.3 is 10.2 Å². The fourth-order valence-electron chi connectivity index (χ4n) is 2.99. The molecule has 0 saturated carbocycles. The molecule has 2 amide bonds. The molecule has 0 bridgehead atoms. The number of nitrogens with one attached hydrogen (secondary N) is 1. The number of halogens is 1. The molecule has 1 N–H and O–H groups in total. The normalized spacial score (nSPS) is 10.6. The van der Waals surface area contributed by atoms with Crippen molar-refractivity contribution in [2.75, 3.05) is 13.6 Å². The molecule has 0 radical (unpaired) electrons. The lowest BCUT2D eigenvalue weighted by atomic mass is 10.0. The van der Waals surface area contributed by atoms with E-state index in [0.29, 0.717) is 11.6 Å². The summed E-state index contributed by atoms with van der Waals surface area (Å²) in [5.74, 6) is -0.322. The third-order valence-electron chi connectivity index (χ3n) is 4.40. The highest BCUT2D eigenvalue weighted by molar-refractivity contribution is 6.30. The predicted molar refractivity (Wildman–Crippen MR) is 109 cm³/mol. The van der Waals surface area contributed by atoms with Crippen molar-refractivity contribution in [1.29, 1.82) is 0 Å². The van der Waals surface area contributed by atoms with Crippen molar-refractivity contribution in [2.24, 2.45) is 0 Å². The van der Waals surface area contributed by atoms with Gasteiger partial charge >= 0.3 is 0 Å². The van der Waals surface area contributed by atoms with Crippen LogP contribution in [-0.4, -0.2) is 30.3 Å². The quantitative estimate of drug-likeness (QED) is 0.707. The minimum atomic E-state index is -0.171. The Balaban J connectivity index is 1.54. The molecule has 0 spiro atoms. The van der Waals surface area contributed by atoms with E-state index in [4.69, 9.17) is 11.6 Å². The van der Waals surface area contributed by atoms with Gasteiger partial charge in [0, 0.05) is 18.6 Å². The Morgan fingerprint density at radius 1 is 1.00 bits per heavy atom. The minimum Gasteiger partial charge on any atom is -0.347 e. The van der Waals surface area contributed by atoms with Crippen LogP contribution in [0.2, 0.25) is 5.02 Å². The van der Waals surface area contributed by atoms with Crippen molar-refractivity contribution in [3.8, 4) is 0 Å². The van der Waals surface area contributed by atoms with Crippen molar-refractivity contribution in [3.63, 3.8) is 0 Å². The van der Waals surface area contributed by atoms with Crippen LogP contribution in [0.25, 0.3) is 10.8 Å². The molecule has 4 nitrogen and oxygen atoms in total. The first-order valence-corrected chi connectivity index (χ1v) is 9.12. The van der Waals surface area contributed by atoms with E-state index in [2.05, 4.69) is 5.32 Å². The average Bonchev–Trinajstić information content (AvgIpc) is 2.66. The summed E-state index contributed by atoms with van der Waals surface area (Å²) >= 11 is 5.97. The second-order valence-electron chi connectivity index (χ2n) is 6.47. The molecule has 0 atom stereocenters. The Morgan fingerprint density at radius 2 is 1.74 bits per heavy atom. The van der Waals surface area contributed by atoms with Gasteiger partial charge in [-0.1, -0.05) is 66.2 Å². The number of hydrogen-bond donors (Lipinski definition) is 1. The highest BCUT2D eigenvalue weighted by Crippen LogP contribution is 2.18. The molecule has 0 fully saturated rings. The molecule has 27 heavy (non-hydrogen) atoms. The Morgan fingerprint density at radius 3 is 2.56 bits per heavy atom. The maximum absolute atomic E-state index is 12.3. The van der Waals surface area contributed by atoms with E-state index in [1.807, 2.05) is 60.7 Å². The lowest BCUT2D eigenvalue weighted by Gasteiger charge is -2.18. The Kier molecular flexibility index (Phi) is 6.09. The van der Waals surface area contributed by atoms with Crippen molar-refractivity contribution in [1.82, 2.24) is 10.2 Å². The van der Waals surface area contributed by atoms with Gasteiger partial charge in [-0.25, -0.2) is 0 Å². The highest BCUT2D eigenvalue weighted by Gasteiger charge is 2.12. The van der Waals surface area contributed by atoms with E-state index >= 15 is 0 Å². The Hall–Kier alpha value is -2.85. The second-order valence-corrected chi connectivity index (χ2v) is 6.91. The average molecular weight is 381 g/mol. The Labute approximate surface area is 163 Å². The number of likely N-dealkylation sites (N-methyl/N-ethyl adjacent to an activating group) is 1. The fourth-order valence-corrected chi connectivity index (χ4v) is 3.20. The van der Waals surface area contributed by atoms with Crippen molar-refractivity contribution in [2.45, 2.75) is 13.0 Å². The van der Waals surface area contributed by atoms with Crippen LogP contribution in [0.15, 0.2) is 66.7 Å². The van der Waals surface area contributed by atoms with Crippen molar-refractivity contribution < 1.29 is 9.59 Å². The molecule has 3 rings (SSSR count). The number of benzene rings is 3. The van der Waals surface area contributed by atoms with Gasteiger partial charge in [0.1, 0.15) is 0 Å². The summed E-state index contributed by atoms with van der Waals surface area (Å²) < 4.78 is 0. The molecule has 0 aliphatic carbocycles. The first kappa shape index (κ1) is 18.9. The van der Waals surface area contributed by atoms with Crippen LogP contribution in [0, 0.1) is 0 Å². The van der Waals surface area contributed by atoms with Gasteiger partial charge in [-0.05, 0) is 34.0 Å². The smallest absolute Gasteiger partial charge is 0.242 e. The molecule has 0 unspecified atom stereocenters. The molecule has 0 saturated heterocycles. The van der Waals surface area contributed by atoms with Crippen LogP contribution in [0.3, 0.4) is 0 Å². The van der Waals surface area contributed by atoms with Crippen molar-refractivity contribution in [3.05, 3.63) is 82.9 Å². The standard InChI is InChI=1S/C22H21ClN2O2/c1-25(15-16-6-4-10-19(23)12-16)22(27)14-24-21(26)13-18-9-5-8-17-7-2-3-11-20(17)18/h2-12H,13-15H2,1H3,(H,24,26). The molecular weight excluding hydrogens is 360 g/mol. The van der Waals surface area contributed by atoms with E-state index in [1.54, 1.807) is 18.0 Å². The molecule has 138 valence electrons. The predicted octanol–water partition coefficient (Wildman–Crippen LogP) is 3.81. The van der Waals surface area contributed by atoms with E-state index in [0.717, 1.165) is 21.9 Å². The summed E-state index contributed by atoms with van der Waals surface area (Å²) in [5.41, 5.74) is 1.89. The second kappa shape index (κ2) is 8.69. The van der Waals surface area contributed by atoms with E-state index in [1.165, 1.54) is 0 Å². The topological polar surface area (TPSA) is 49.4 Å². The third-order valence-corrected chi connectivity index (χ3v) is 4.64. The summed E-state index contributed by atoms with van der Waals surface area (Å²) in [6.07, 6.45) is 0.243. The molecule has 0 aliphatic heterocycles. The molecule has 3 aromatic carbocycles. The first-order valence-electron chi connectivity index (χ1n) is 8.74. The zero-order valence-corrected chi connectivity index (χ0v) is 15.9. The van der Waals surface area contributed by atoms with Crippen LogP contribution < -0.4 is 5.32 Å². The van der Waals surface area contributed by atoms with Crippen LogP contribution in [0.1, 0.15) is 11.1 Å². The molecule has 0 aromatic heterocycles. The maximum Gasteiger partial charge on any atom is 0.242 e. The third kappa shape index (κ3) is 5.08. The lowest BCUT2D eigenvalue weighted by Crippen LogP contribution is -2.38. The van der Waals surface area contributed by atoms with E-state index < -0.39 is 0 Å². The number of rotatable bonds is 6. The summed E-state index contributed by atoms with van der Waals surface area (Å²) in [5, 5.41) is 5.51. The monoisotopic (exact) mass is 380 g/mol. The molecule has 5 heteroatoms. The van der Waals surface area contributed by atoms with Crippen LogP contribution in [-0.2, 0) is 22.6 Å². The van der Waals surface area contributed by atoms with Crippen LogP contribution in [0.4, 0.5) is 0 Å². The van der Waals surface area contributed by atoms with Gasteiger partial charge in [0.2, 0.25) is 11.8 Å². The molecule has 0 heterocycles. The molecular formula is C22H21ClN2O2. The highest BCUT2D eigenvalue weighted by atomic mass is 35.5. The lowest BCUT2D eigenvalue weighted by molar-refractivity contribution is -0.132. The number of fused-ring (bicyclic) bond motifs is 1. The zero-order valence-electron chi connectivity index (χ0n) is 15.1. The Bertz CT molecular complexity index is 966. The maximum atomic E-state index is 12.3. The number of hydrogen-bond acceptors (Lipinski definition) is 2. The van der Waals surface area contributed by atoms with Gasteiger partial charge in [0.05, 0.1) is 13.0 Å². The number of carbonyl (C=O) groups excluding carboxylic acids is 2. The first-order chi connectivity index (χ1) is 13.0. The van der Waals surface area contributed by atoms with Gasteiger partial charge in [0.15, 0.2) is 0 Å². The summed E-state index contributed by atoms with van der Waals surface area (Å²) in [7, 11) is 1.71. The van der Waals surface area contributed by atoms with Crippen molar-refractivity contribution >= 4 is 34.2 Å². The molecule has 0 aliphatic rings. The zero-order chi connectivity index (χ0) is 19.2. The minimum absolute atomic E-state index is 0.0271.